The SMILES string of the molecule is CC1(C)c2ccccc2-c2c(-n3c4ccccc4c4cc5ccccc5cc43)nc(-c3ccc4sc5ccccc5c4c3)nc21. The predicted octanol–water partition coefficient (Wildman–Crippen LogP) is 11.1. The van der Waals surface area contributed by atoms with Crippen LogP contribution in [0.4, 0.5) is 0 Å². The van der Waals surface area contributed by atoms with E-state index in [-0.39, 0.29) is 5.41 Å². The molecule has 45 heavy (non-hydrogen) atoms. The van der Waals surface area contributed by atoms with E-state index in [0.29, 0.717) is 0 Å². The number of rotatable bonds is 2. The summed E-state index contributed by atoms with van der Waals surface area (Å²) in [6, 6.07) is 46.2. The first kappa shape index (κ1) is 25.1. The van der Waals surface area contributed by atoms with Crippen LogP contribution < -0.4 is 0 Å². The number of benzene rings is 6. The molecule has 10 rings (SSSR count). The fraction of sp³-hybridized carbons (Fsp3) is 0.0732. The second kappa shape index (κ2) is 8.87. The lowest BCUT2D eigenvalue weighted by molar-refractivity contribution is 0.635. The third-order valence-corrected chi connectivity index (χ3v) is 10.9. The van der Waals surface area contributed by atoms with E-state index in [2.05, 4.69) is 146 Å². The average molecular weight is 594 g/mol. The molecule has 0 saturated heterocycles. The van der Waals surface area contributed by atoms with Gasteiger partial charge in [0.25, 0.3) is 0 Å². The van der Waals surface area contributed by atoms with Gasteiger partial charge in [0.2, 0.25) is 0 Å². The molecule has 6 aromatic carbocycles. The first-order valence-electron chi connectivity index (χ1n) is 15.4. The number of hydrogen-bond donors (Lipinski definition) is 0. The molecule has 212 valence electrons. The molecule has 0 saturated carbocycles. The first-order chi connectivity index (χ1) is 22.1. The van der Waals surface area contributed by atoms with Crippen molar-refractivity contribution in [3.8, 4) is 28.3 Å². The summed E-state index contributed by atoms with van der Waals surface area (Å²) in [6.45, 7) is 4.60. The molecule has 0 unspecified atom stereocenters. The Morgan fingerprint density at radius 3 is 2.18 bits per heavy atom. The largest absolute Gasteiger partial charge is 0.293 e. The number of aromatic nitrogens is 3. The summed E-state index contributed by atoms with van der Waals surface area (Å²) in [5.74, 6) is 1.69. The van der Waals surface area contributed by atoms with Crippen molar-refractivity contribution in [3.63, 3.8) is 0 Å². The van der Waals surface area contributed by atoms with Crippen molar-refractivity contribution in [1.29, 1.82) is 0 Å². The molecule has 0 spiro atoms. The molecule has 9 aromatic rings. The lowest BCUT2D eigenvalue weighted by Crippen LogP contribution is -2.18. The lowest BCUT2D eigenvalue weighted by Gasteiger charge is -2.21. The standard InChI is InChI=1S/C41H27N3S/c1-41(2)32-16-8-5-15-29(32)37-38(41)42-39(26-19-20-36-31(22-26)28-14-7-10-18-35(28)45-36)43-40(37)44-33-17-9-6-13-27(33)30-21-24-11-3-4-12-25(24)23-34(30)44/h3-23H,1-2H3. The third-order valence-electron chi connectivity index (χ3n) is 9.74. The van der Waals surface area contributed by atoms with Crippen LogP contribution in [-0.4, -0.2) is 14.5 Å². The van der Waals surface area contributed by atoms with Crippen LogP contribution in [-0.2, 0) is 5.41 Å². The Balaban J connectivity index is 1.35. The van der Waals surface area contributed by atoms with E-state index in [1.54, 1.807) is 0 Å². The highest BCUT2D eigenvalue weighted by Gasteiger charge is 2.40. The minimum Gasteiger partial charge on any atom is -0.293 e. The predicted molar refractivity (Wildman–Crippen MR) is 190 cm³/mol. The molecule has 0 amide bonds. The highest BCUT2D eigenvalue weighted by Crippen LogP contribution is 2.51. The molecular formula is C41H27N3S. The van der Waals surface area contributed by atoms with Gasteiger partial charge in [0.05, 0.1) is 16.7 Å². The monoisotopic (exact) mass is 593 g/mol. The minimum absolute atomic E-state index is 0.275. The fourth-order valence-corrected chi connectivity index (χ4v) is 8.65. The van der Waals surface area contributed by atoms with Gasteiger partial charge >= 0.3 is 0 Å². The molecular weight excluding hydrogens is 567 g/mol. The zero-order valence-corrected chi connectivity index (χ0v) is 25.7. The second-order valence-corrected chi connectivity index (χ2v) is 13.7. The van der Waals surface area contributed by atoms with E-state index in [0.717, 1.165) is 39.5 Å². The van der Waals surface area contributed by atoms with Crippen molar-refractivity contribution >= 4 is 64.1 Å². The van der Waals surface area contributed by atoms with E-state index in [1.807, 2.05) is 11.3 Å². The van der Waals surface area contributed by atoms with Gasteiger partial charge in [0.15, 0.2) is 5.82 Å². The van der Waals surface area contributed by atoms with Crippen LogP contribution >= 0.6 is 11.3 Å². The quantitative estimate of drug-likeness (QED) is 0.200. The molecule has 0 aliphatic heterocycles. The van der Waals surface area contributed by atoms with Gasteiger partial charge in [-0.2, -0.15) is 0 Å². The van der Waals surface area contributed by atoms with E-state index < -0.39 is 0 Å². The Kier molecular flexibility index (Phi) is 4.94. The van der Waals surface area contributed by atoms with Crippen molar-refractivity contribution in [1.82, 2.24) is 14.5 Å². The summed E-state index contributed by atoms with van der Waals surface area (Å²) in [5.41, 5.74) is 7.77. The molecule has 3 heterocycles. The van der Waals surface area contributed by atoms with E-state index in [4.69, 9.17) is 9.97 Å². The molecule has 0 N–H and O–H groups in total. The summed E-state index contributed by atoms with van der Waals surface area (Å²) in [5, 5.41) is 7.45. The number of hydrogen-bond acceptors (Lipinski definition) is 3. The van der Waals surface area contributed by atoms with Gasteiger partial charge in [-0.3, -0.25) is 4.57 Å². The van der Waals surface area contributed by atoms with Crippen LogP contribution in [0.15, 0.2) is 127 Å². The van der Waals surface area contributed by atoms with Crippen molar-refractivity contribution in [2.75, 3.05) is 0 Å². The highest BCUT2D eigenvalue weighted by molar-refractivity contribution is 7.25. The van der Waals surface area contributed by atoms with Crippen LogP contribution in [0, 0.1) is 0 Å². The van der Waals surface area contributed by atoms with Crippen LogP contribution in [0.25, 0.3) is 81.1 Å². The maximum absolute atomic E-state index is 5.53. The zero-order chi connectivity index (χ0) is 29.9. The Bertz CT molecular complexity index is 2690. The third kappa shape index (κ3) is 3.40. The summed E-state index contributed by atoms with van der Waals surface area (Å²) >= 11 is 1.84. The van der Waals surface area contributed by atoms with E-state index >= 15 is 0 Å². The van der Waals surface area contributed by atoms with E-state index in [1.165, 1.54) is 52.8 Å². The number of para-hydroxylation sites is 1. The average Bonchev–Trinajstić information content (AvgIpc) is 3.68. The van der Waals surface area contributed by atoms with Crippen LogP contribution in [0.1, 0.15) is 25.1 Å². The van der Waals surface area contributed by atoms with Gasteiger partial charge < -0.3 is 0 Å². The number of fused-ring (bicyclic) bond motifs is 10. The molecule has 3 nitrogen and oxygen atoms in total. The second-order valence-electron chi connectivity index (χ2n) is 12.6. The maximum Gasteiger partial charge on any atom is 0.161 e. The summed E-state index contributed by atoms with van der Waals surface area (Å²) in [4.78, 5) is 11.0. The smallest absolute Gasteiger partial charge is 0.161 e. The summed E-state index contributed by atoms with van der Waals surface area (Å²) < 4.78 is 4.97. The van der Waals surface area contributed by atoms with Crippen LogP contribution in [0.2, 0.25) is 0 Å². The van der Waals surface area contributed by atoms with Crippen molar-refractivity contribution in [3.05, 3.63) is 139 Å². The summed E-state index contributed by atoms with van der Waals surface area (Å²) in [6.07, 6.45) is 0. The molecule has 0 fully saturated rings. The van der Waals surface area contributed by atoms with Crippen LogP contribution in [0.5, 0.6) is 0 Å². The molecule has 1 aliphatic rings. The first-order valence-corrected chi connectivity index (χ1v) is 16.2. The lowest BCUT2D eigenvalue weighted by atomic mass is 9.85. The Hall–Kier alpha value is -5.32. The summed E-state index contributed by atoms with van der Waals surface area (Å²) in [7, 11) is 0. The molecule has 0 atom stereocenters. The number of thiophene rings is 1. The Morgan fingerprint density at radius 1 is 0.578 bits per heavy atom. The van der Waals surface area contributed by atoms with Gasteiger partial charge in [0, 0.05) is 47.5 Å². The van der Waals surface area contributed by atoms with Gasteiger partial charge in [-0.15, -0.1) is 11.3 Å². The topological polar surface area (TPSA) is 30.7 Å². The minimum atomic E-state index is -0.275. The zero-order valence-electron chi connectivity index (χ0n) is 24.9. The van der Waals surface area contributed by atoms with Gasteiger partial charge in [0.1, 0.15) is 5.82 Å². The Labute approximate surface area is 264 Å². The van der Waals surface area contributed by atoms with Crippen molar-refractivity contribution < 1.29 is 0 Å². The molecule has 1 aliphatic carbocycles. The fourth-order valence-electron chi connectivity index (χ4n) is 7.56. The van der Waals surface area contributed by atoms with Gasteiger partial charge in [-0.25, -0.2) is 9.97 Å². The van der Waals surface area contributed by atoms with Gasteiger partial charge in [-0.05, 0) is 64.4 Å². The molecule has 0 bridgehead atoms. The normalized spacial score (nSPS) is 13.7. The molecule has 4 heteroatoms. The van der Waals surface area contributed by atoms with Gasteiger partial charge in [-0.1, -0.05) is 98.8 Å². The van der Waals surface area contributed by atoms with Crippen molar-refractivity contribution in [2.45, 2.75) is 19.3 Å². The van der Waals surface area contributed by atoms with E-state index in [9.17, 15) is 0 Å². The Morgan fingerprint density at radius 2 is 1.29 bits per heavy atom. The molecule has 0 radical (unpaired) electrons. The molecule has 3 aromatic heterocycles. The maximum atomic E-state index is 5.53. The van der Waals surface area contributed by atoms with Crippen LogP contribution in [0.3, 0.4) is 0 Å². The highest BCUT2D eigenvalue weighted by atomic mass is 32.1. The number of nitrogens with zero attached hydrogens (tertiary/aromatic N) is 3. The van der Waals surface area contributed by atoms with Crippen molar-refractivity contribution in [2.24, 2.45) is 0 Å².